The molecule has 4 aromatic rings. The summed E-state index contributed by atoms with van der Waals surface area (Å²) in [5.74, 6) is 0. The molecule has 238 valence electrons. The summed E-state index contributed by atoms with van der Waals surface area (Å²) in [6.07, 6.45) is 21.9. The van der Waals surface area contributed by atoms with E-state index in [0.717, 1.165) is 30.4 Å². The van der Waals surface area contributed by atoms with Gasteiger partial charge in [0.2, 0.25) is 0 Å². The van der Waals surface area contributed by atoms with E-state index in [4.69, 9.17) is 0 Å². The quantitative estimate of drug-likeness (QED) is 0.150. The van der Waals surface area contributed by atoms with Gasteiger partial charge >= 0.3 is 0 Å². The number of anilines is 2. The zero-order chi connectivity index (χ0) is 33.3. The van der Waals surface area contributed by atoms with Crippen LogP contribution < -0.4 is 10.2 Å². The van der Waals surface area contributed by atoms with Gasteiger partial charge in [-0.1, -0.05) is 154 Å². The summed E-state index contributed by atoms with van der Waals surface area (Å²) in [7, 11) is 4.18. The topological polar surface area (TPSA) is 15.3 Å². The number of hydrogen-bond donors (Lipinski definition) is 1. The van der Waals surface area contributed by atoms with E-state index in [0.29, 0.717) is 0 Å². The van der Waals surface area contributed by atoms with E-state index in [-0.39, 0.29) is 10.8 Å². The van der Waals surface area contributed by atoms with E-state index in [1.54, 1.807) is 0 Å². The first-order valence-corrected chi connectivity index (χ1v) is 16.6. The number of rotatable bonds is 13. The highest BCUT2D eigenvalue weighted by Crippen LogP contribution is 2.49. The van der Waals surface area contributed by atoms with Crippen LogP contribution in [-0.4, -0.2) is 14.1 Å². The Bertz CT molecular complexity index is 1800. The fourth-order valence-electron chi connectivity index (χ4n) is 7.00. The molecule has 0 amide bonds. The third-order valence-corrected chi connectivity index (χ3v) is 9.62. The lowest BCUT2D eigenvalue weighted by Crippen LogP contribution is -2.28. The van der Waals surface area contributed by atoms with Crippen LogP contribution in [0.2, 0.25) is 0 Å². The summed E-state index contributed by atoms with van der Waals surface area (Å²) in [6.45, 7) is 12.5. The maximum absolute atomic E-state index is 3.91. The predicted octanol–water partition coefficient (Wildman–Crippen LogP) is 11.1. The molecule has 1 aliphatic rings. The van der Waals surface area contributed by atoms with Gasteiger partial charge < -0.3 is 10.2 Å². The molecule has 47 heavy (non-hydrogen) atoms. The molecule has 0 fully saturated rings. The largest absolute Gasteiger partial charge is 0.388 e. The van der Waals surface area contributed by atoms with E-state index < -0.39 is 0 Å². The van der Waals surface area contributed by atoms with Crippen LogP contribution in [-0.2, 0) is 23.7 Å². The van der Waals surface area contributed by atoms with Gasteiger partial charge in [0.25, 0.3) is 0 Å². The number of nitrogens with one attached hydrogen (secondary N) is 1. The molecule has 1 heterocycles. The first-order chi connectivity index (χ1) is 22.8. The number of para-hydroxylation sites is 2. The highest BCUT2D eigenvalue weighted by Gasteiger charge is 2.41. The van der Waals surface area contributed by atoms with Crippen LogP contribution in [0, 0.1) is 0 Å². The minimum absolute atomic E-state index is 0.0710. The average Bonchev–Trinajstić information content (AvgIpc) is 3.31. The van der Waals surface area contributed by atoms with Crippen LogP contribution in [0.4, 0.5) is 11.4 Å². The zero-order valence-electron chi connectivity index (χ0n) is 28.4. The van der Waals surface area contributed by atoms with Gasteiger partial charge in [-0.25, -0.2) is 0 Å². The van der Waals surface area contributed by atoms with Gasteiger partial charge in [-0.3, -0.25) is 0 Å². The van der Waals surface area contributed by atoms with Crippen LogP contribution in [0.5, 0.6) is 0 Å². The minimum atomic E-state index is -0.130. The molecule has 0 saturated carbocycles. The molecule has 2 heteroatoms. The molecule has 1 N–H and O–H groups in total. The summed E-state index contributed by atoms with van der Waals surface area (Å²) in [5, 5.41) is 3.41. The minimum Gasteiger partial charge on any atom is -0.388 e. The SMILES string of the molecule is C=Cc1ccc(CC(C)(C/C=C/C=C/C=C/C=C2/N(C)c3ccccc3C2(C)Cc2ccc(C=C)cc2)c2ccccc2NC)cc1. The number of likely N-dealkylation sites (N-methyl/N-ethyl adjacent to an activating group) is 1. The van der Waals surface area contributed by atoms with Crippen LogP contribution >= 0.6 is 0 Å². The Hall–Kier alpha value is -5.08. The Morgan fingerprint density at radius 2 is 1.34 bits per heavy atom. The molecule has 5 rings (SSSR count). The second-order valence-electron chi connectivity index (χ2n) is 13.0. The van der Waals surface area contributed by atoms with E-state index in [9.17, 15) is 0 Å². The summed E-state index contributed by atoms with van der Waals surface area (Å²) in [4.78, 5) is 2.34. The molecule has 0 aliphatic carbocycles. The van der Waals surface area contributed by atoms with Crippen molar-refractivity contribution in [2.45, 2.75) is 43.9 Å². The molecule has 4 aromatic carbocycles. The number of fused-ring (bicyclic) bond motifs is 1. The molecule has 0 spiro atoms. The van der Waals surface area contributed by atoms with Gasteiger partial charge in [0, 0.05) is 42.0 Å². The van der Waals surface area contributed by atoms with Gasteiger partial charge in [0.05, 0.1) is 0 Å². The van der Waals surface area contributed by atoms with Crippen molar-refractivity contribution in [2.24, 2.45) is 0 Å². The molecule has 0 radical (unpaired) electrons. The maximum Gasteiger partial charge on any atom is 0.0448 e. The van der Waals surface area contributed by atoms with E-state index in [2.05, 4.69) is 184 Å². The van der Waals surface area contributed by atoms with E-state index in [1.165, 1.54) is 39.3 Å². The van der Waals surface area contributed by atoms with Crippen molar-refractivity contribution in [2.75, 3.05) is 24.3 Å². The number of benzene rings is 4. The monoisotopic (exact) mass is 616 g/mol. The van der Waals surface area contributed by atoms with E-state index >= 15 is 0 Å². The summed E-state index contributed by atoms with van der Waals surface area (Å²) in [5.41, 5.74) is 11.2. The van der Waals surface area contributed by atoms with Crippen molar-refractivity contribution in [1.82, 2.24) is 0 Å². The molecule has 2 atom stereocenters. The fraction of sp³-hybridized carbons (Fsp3) is 0.200. The van der Waals surface area contributed by atoms with Crippen LogP contribution in [0.25, 0.3) is 12.2 Å². The number of allylic oxidation sites excluding steroid dienone is 8. The Morgan fingerprint density at radius 1 is 0.745 bits per heavy atom. The molecular formula is C45H48N2. The molecular weight excluding hydrogens is 569 g/mol. The van der Waals surface area contributed by atoms with Crippen molar-refractivity contribution in [3.63, 3.8) is 0 Å². The maximum atomic E-state index is 3.91. The number of nitrogens with zero attached hydrogens (tertiary/aromatic N) is 1. The average molecular weight is 617 g/mol. The van der Waals surface area contributed by atoms with Gasteiger partial charge in [0.1, 0.15) is 0 Å². The van der Waals surface area contributed by atoms with Gasteiger partial charge in [-0.05, 0) is 77.8 Å². The molecule has 0 aromatic heterocycles. The van der Waals surface area contributed by atoms with Crippen molar-refractivity contribution in [1.29, 1.82) is 0 Å². The Balaban J connectivity index is 1.31. The first kappa shape index (κ1) is 33.3. The van der Waals surface area contributed by atoms with Crippen molar-refractivity contribution in [3.05, 3.63) is 192 Å². The standard InChI is InChI=1S/C45H48N2/c1-7-35-24-28-37(29-25-35)33-44(3,39-19-14-16-21-41(39)46-5)32-18-12-10-9-11-13-23-43-45(4,34-38-30-26-36(8-2)27-31-38)40-20-15-17-22-42(40)47(43)6/h7-31,46H,1-2,32-34H2,3-6H3/b10-9+,13-11+,18-12+,43-23+. The van der Waals surface area contributed by atoms with Gasteiger partial charge in [0.15, 0.2) is 0 Å². The van der Waals surface area contributed by atoms with Crippen molar-refractivity contribution in [3.8, 4) is 0 Å². The second-order valence-corrected chi connectivity index (χ2v) is 13.0. The zero-order valence-corrected chi connectivity index (χ0v) is 28.4. The van der Waals surface area contributed by atoms with Crippen LogP contribution in [0.15, 0.2) is 158 Å². The van der Waals surface area contributed by atoms with E-state index in [1.807, 2.05) is 19.2 Å². The Morgan fingerprint density at radius 3 is 2.02 bits per heavy atom. The molecule has 0 bridgehead atoms. The van der Waals surface area contributed by atoms with Crippen LogP contribution in [0.1, 0.15) is 53.6 Å². The summed E-state index contributed by atoms with van der Waals surface area (Å²) >= 11 is 0. The van der Waals surface area contributed by atoms with Crippen molar-refractivity contribution >= 4 is 23.5 Å². The Kier molecular flexibility index (Phi) is 10.6. The van der Waals surface area contributed by atoms with Gasteiger partial charge in [-0.15, -0.1) is 0 Å². The molecule has 1 aliphatic heterocycles. The first-order valence-electron chi connectivity index (χ1n) is 16.6. The molecule has 0 saturated heterocycles. The third-order valence-electron chi connectivity index (χ3n) is 9.62. The van der Waals surface area contributed by atoms with Crippen molar-refractivity contribution < 1.29 is 0 Å². The highest BCUT2D eigenvalue weighted by atomic mass is 15.2. The van der Waals surface area contributed by atoms with Gasteiger partial charge in [-0.2, -0.15) is 0 Å². The Labute approximate surface area is 282 Å². The highest BCUT2D eigenvalue weighted by molar-refractivity contribution is 5.71. The third kappa shape index (κ3) is 7.50. The molecule has 2 nitrogen and oxygen atoms in total. The number of hydrogen-bond acceptors (Lipinski definition) is 2. The lowest BCUT2D eigenvalue weighted by Gasteiger charge is -2.31. The predicted molar refractivity (Wildman–Crippen MR) is 206 cm³/mol. The normalized spacial score (nSPS) is 18.2. The lowest BCUT2D eigenvalue weighted by atomic mass is 9.74. The summed E-state index contributed by atoms with van der Waals surface area (Å²) < 4.78 is 0. The smallest absolute Gasteiger partial charge is 0.0448 e. The lowest BCUT2D eigenvalue weighted by molar-refractivity contribution is 0.476. The van der Waals surface area contributed by atoms with Crippen LogP contribution in [0.3, 0.4) is 0 Å². The summed E-state index contributed by atoms with van der Waals surface area (Å²) in [6, 6.07) is 35.0. The molecule has 2 unspecified atom stereocenters. The second kappa shape index (κ2) is 15.0. The fourth-order valence-corrected chi connectivity index (χ4v) is 7.00.